The number of carboxylic acid groups (broad SMARTS) is 1. The molecule has 0 bridgehead atoms. The monoisotopic (exact) mass is 798 g/mol. The molecule has 57 heavy (non-hydrogen) atoms. The third-order valence-corrected chi connectivity index (χ3v) is 10.3. The first-order chi connectivity index (χ1) is 27.1. The summed E-state index contributed by atoms with van der Waals surface area (Å²) in [6.45, 7) is 9.39. The minimum Gasteiger partial charge on any atom is -0.480 e. The van der Waals surface area contributed by atoms with Crippen molar-refractivity contribution in [2.45, 2.75) is 123 Å². The molecule has 2 aliphatic rings. The molecule has 1 aliphatic heterocycles. The number of amides is 6. The molecule has 0 aromatic heterocycles. The van der Waals surface area contributed by atoms with Gasteiger partial charge in [0.05, 0.1) is 19.2 Å². The van der Waals surface area contributed by atoms with E-state index < -0.39 is 78.1 Å². The van der Waals surface area contributed by atoms with Crippen LogP contribution in [-0.2, 0) is 33.5 Å². The Morgan fingerprint density at radius 3 is 1.95 bits per heavy atom. The van der Waals surface area contributed by atoms with E-state index in [0.717, 1.165) is 32.1 Å². The number of likely N-dealkylation sites (tertiary alicyclic amines) is 1. The van der Waals surface area contributed by atoms with Gasteiger partial charge in [0, 0.05) is 18.7 Å². The van der Waals surface area contributed by atoms with E-state index in [1.807, 2.05) is 27.7 Å². The molecule has 1 saturated heterocycles. The van der Waals surface area contributed by atoms with Crippen LogP contribution in [0.2, 0.25) is 0 Å². The van der Waals surface area contributed by atoms with Crippen LogP contribution in [0.5, 0.6) is 0 Å². The van der Waals surface area contributed by atoms with E-state index in [1.54, 1.807) is 42.2 Å². The molecule has 3 rings (SSSR count). The topological polar surface area (TPSA) is 229 Å². The summed E-state index contributed by atoms with van der Waals surface area (Å²) < 4.78 is 5.29. The van der Waals surface area contributed by atoms with Crippen molar-refractivity contribution in [2.24, 2.45) is 23.7 Å². The van der Waals surface area contributed by atoms with Crippen molar-refractivity contribution in [2.75, 3.05) is 26.2 Å². The first-order valence-corrected chi connectivity index (χ1v) is 20.3. The van der Waals surface area contributed by atoms with Gasteiger partial charge in [0.2, 0.25) is 23.5 Å². The van der Waals surface area contributed by atoms with Gasteiger partial charge in [-0.3, -0.25) is 28.8 Å². The third-order valence-electron chi connectivity index (χ3n) is 10.3. The number of piperidine rings is 1. The summed E-state index contributed by atoms with van der Waals surface area (Å²) in [7, 11) is 0. The molecule has 1 saturated carbocycles. The van der Waals surface area contributed by atoms with E-state index in [2.05, 4.69) is 26.6 Å². The highest BCUT2D eigenvalue weighted by molar-refractivity contribution is 6.38. The van der Waals surface area contributed by atoms with Crippen LogP contribution in [-0.4, -0.2) is 108 Å². The number of carbonyl (C=O) groups excluding carboxylic acids is 7. The van der Waals surface area contributed by atoms with Crippen molar-refractivity contribution in [1.29, 1.82) is 0 Å². The van der Waals surface area contributed by atoms with Gasteiger partial charge in [-0.25, -0.2) is 9.59 Å². The second-order valence-electron chi connectivity index (χ2n) is 16.0. The fraction of sp³-hybridized carbons (Fsp3) is 0.659. The van der Waals surface area contributed by atoms with Gasteiger partial charge in [-0.05, 0) is 74.3 Å². The molecule has 16 nitrogen and oxygen atoms in total. The number of benzene rings is 1. The summed E-state index contributed by atoms with van der Waals surface area (Å²) in [5.41, 5.74) is 0.528. The van der Waals surface area contributed by atoms with Crippen LogP contribution in [0.25, 0.3) is 0 Å². The van der Waals surface area contributed by atoms with Crippen molar-refractivity contribution >= 4 is 47.4 Å². The van der Waals surface area contributed by atoms with Crippen molar-refractivity contribution in [3.63, 3.8) is 0 Å². The number of nitrogens with one attached hydrogen (secondary N) is 5. The van der Waals surface area contributed by atoms with Crippen molar-refractivity contribution in [3.05, 3.63) is 35.9 Å². The second-order valence-corrected chi connectivity index (χ2v) is 16.0. The summed E-state index contributed by atoms with van der Waals surface area (Å²) in [6.07, 6.45) is 4.92. The molecule has 4 atom stereocenters. The maximum absolute atomic E-state index is 13.7. The number of hydrogen-bond donors (Lipinski definition) is 6. The molecule has 16 heteroatoms. The number of hydrogen-bond acceptors (Lipinski definition) is 9. The molecule has 1 unspecified atom stereocenters. The Morgan fingerprint density at radius 2 is 1.37 bits per heavy atom. The summed E-state index contributed by atoms with van der Waals surface area (Å²) in [5, 5.41) is 22.7. The van der Waals surface area contributed by atoms with E-state index >= 15 is 0 Å². The zero-order chi connectivity index (χ0) is 42.1. The van der Waals surface area contributed by atoms with Crippen LogP contribution >= 0.6 is 0 Å². The SMILES string of the molecule is CCCC(NC(=O)[C@H](CC(C)C)NC(=O)[C@@H](NC(=O)OCC(C)C)C1CCCCC1)C(=O)C(=O)NCC(=O)N[C@H](C(=O)O)C1CCN(C(=O)c2ccccc2)CC1. The van der Waals surface area contributed by atoms with Gasteiger partial charge in [0.15, 0.2) is 0 Å². The standard InChI is InChI=1S/C41H62N6O10/c1-6-13-30(43-36(50)31(22-25(2)3)44-37(51)33(27-14-9-7-10-15-27)46-41(56)57-24-26(4)5)35(49)38(52)42-23-32(48)45-34(40(54)55)28-18-20-47(21-19-28)39(53)29-16-11-8-12-17-29/h8,11-12,16-17,25-28,30-31,33-34H,6-7,9-10,13-15,18-24H2,1-5H3,(H,42,52)(H,43,50)(H,44,51)(H,45,48)(H,46,56)(H,54,55)/t30?,31-,33-,34-/m0/s1. The average molecular weight is 799 g/mol. The molecular weight excluding hydrogens is 736 g/mol. The Morgan fingerprint density at radius 1 is 0.754 bits per heavy atom. The van der Waals surface area contributed by atoms with Crippen LogP contribution in [0.3, 0.4) is 0 Å². The highest BCUT2D eigenvalue weighted by atomic mass is 16.5. The molecule has 6 N–H and O–H groups in total. The summed E-state index contributed by atoms with van der Waals surface area (Å²) in [6, 6.07) is 4.17. The van der Waals surface area contributed by atoms with Gasteiger partial charge < -0.3 is 41.3 Å². The molecule has 1 aromatic carbocycles. The fourth-order valence-electron chi connectivity index (χ4n) is 7.28. The van der Waals surface area contributed by atoms with E-state index in [-0.39, 0.29) is 43.1 Å². The number of rotatable bonds is 20. The average Bonchev–Trinajstić information content (AvgIpc) is 3.19. The van der Waals surface area contributed by atoms with Crippen LogP contribution in [0.4, 0.5) is 4.79 Å². The van der Waals surface area contributed by atoms with Gasteiger partial charge in [-0.15, -0.1) is 0 Å². The molecule has 0 spiro atoms. The van der Waals surface area contributed by atoms with Gasteiger partial charge in [0.1, 0.15) is 18.1 Å². The fourth-order valence-corrected chi connectivity index (χ4v) is 7.28. The highest BCUT2D eigenvalue weighted by Crippen LogP contribution is 2.27. The van der Waals surface area contributed by atoms with E-state index in [0.29, 0.717) is 37.9 Å². The Kier molecular flexibility index (Phi) is 18.9. The van der Waals surface area contributed by atoms with Crippen molar-refractivity contribution < 1.29 is 48.2 Å². The van der Waals surface area contributed by atoms with Crippen LogP contribution < -0.4 is 26.6 Å². The van der Waals surface area contributed by atoms with E-state index in [9.17, 15) is 43.5 Å². The van der Waals surface area contributed by atoms with E-state index in [4.69, 9.17) is 4.74 Å². The summed E-state index contributed by atoms with van der Waals surface area (Å²) in [5.74, 6) is -6.21. The van der Waals surface area contributed by atoms with Gasteiger partial charge in [0.25, 0.3) is 11.8 Å². The lowest BCUT2D eigenvalue weighted by atomic mass is 9.83. The molecule has 2 fully saturated rings. The van der Waals surface area contributed by atoms with Gasteiger partial charge in [-0.2, -0.15) is 0 Å². The summed E-state index contributed by atoms with van der Waals surface area (Å²) >= 11 is 0. The lowest BCUT2D eigenvalue weighted by molar-refractivity contribution is -0.144. The highest BCUT2D eigenvalue weighted by Gasteiger charge is 2.37. The van der Waals surface area contributed by atoms with Crippen LogP contribution in [0.1, 0.15) is 109 Å². The zero-order valence-corrected chi connectivity index (χ0v) is 34.0. The number of nitrogens with zero attached hydrogens (tertiary/aromatic N) is 1. The van der Waals surface area contributed by atoms with Gasteiger partial charge in [-0.1, -0.05) is 78.5 Å². The Balaban J connectivity index is 1.59. The van der Waals surface area contributed by atoms with Crippen LogP contribution in [0, 0.1) is 23.7 Å². The largest absolute Gasteiger partial charge is 0.480 e. The second kappa shape index (κ2) is 23.3. The molecule has 316 valence electrons. The number of Topliss-reactive ketones (excluding diaryl/α,β-unsaturated/α-hetero) is 1. The van der Waals surface area contributed by atoms with Crippen molar-refractivity contribution in [1.82, 2.24) is 31.5 Å². The number of carboxylic acids is 1. The molecule has 1 aliphatic carbocycles. The van der Waals surface area contributed by atoms with Gasteiger partial charge >= 0.3 is 12.1 Å². The van der Waals surface area contributed by atoms with E-state index in [1.165, 1.54) is 0 Å². The number of aliphatic carboxylic acids is 1. The zero-order valence-electron chi connectivity index (χ0n) is 34.0. The minimum atomic E-state index is -1.28. The third kappa shape index (κ3) is 15.1. The maximum atomic E-state index is 13.7. The molecule has 1 aromatic rings. The summed E-state index contributed by atoms with van der Waals surface area (Å²) in [4.78, 5) is 106. The van der Waals surface area contributed by atoms with Crippen LogP contribution in [0.15, 0.2) is 30.3 Å². The first kappa shape index (κ1) is 46.4. The smallest absolute Gasteiger partial charge is 0.407 e. The minimum absolute atomic E-state index is 0.0563. The van der Waals surface area contributed by atoms with Crippen molar-refractivity contribution in [3.8, 4) is 0 Å². The lowest BCUT2D eigenvalue weighted by Gasteiger charge is -2.35. The molecule has 1 heterocycles. The number of ether oxygens (including phenoxy) is 1. The Bertz CT molecular complexity index is 1540. The Hall–Kier alpha value is -5.02. The quantitative estimate of drug-likeness (QED) is 0.106. The predicted octanol–water partition coefficient (Wildman–Crippen LogP) is 2.94. The number of alkyl carbamates (subject to hydrolysis) is 1. The Labute approximate surface area is 335 Å². The predicted molar refractivity (Wildman–Crippen MR) is 211 cm³/mol. The number of carbonyl (C=O) groups is 8. The normalized spacial score (nSPS) is 17.1. The molecule has 0 radical (unpaired) electrons. The maximum Gasteiger partial charge on any atom is 0.407 e. The lowest BCUT2D eigenvalue weighted by Crippen LogP contribution is -2.58. The number of ketones is 1. The first-order valence-electron chi connectivity index (χ1n) is 20.3. The molecule has 6 amide bonds. The molecular formula is C41H62N6O10.